The van der Waals surface area contributed by atoms with Crippen LogP contribution in [-0.4, -0.2) is 64.8 Å². The molecule has 0 fully saturated rings. The normalized spacial score (nSPS) is 18.9. The number of hydrogen-bond acceptors (Lipinski definition) is 3. The van der Waals surface area contributed by atoms with Gasteiger partial charge in [0.25, 0.3) is 5.91 Å². The molecule has 4 amide bonds. The molecule has 1 N–H and O–H groups in total. The van der Waals surface area contributed by atoms with E-state index in [1.54, 1.807) is 11.8 Å². The first kappa shape index (κ1) is 28.5. The van der Waals surface area contributed by atoms with Gasteiger partial charge in [-0.15, -0.1) is 0 Å². The second-order valence-electron chi connectivity index (χ2n) is 9.98. The molecule has 7 nitrogen and oxygen atoms in total. The fourth-order valence-corrected chi connectivity index (χ4v) is 5.23. The van der Waals surface area contributed by atoms with E-state index in [2.05, 4.69) is 5.32 Å². The highest BCUT2D eigenvalue weighted by molar-refractivity contribution is 6.03. The van der Waals surface area contributed by atoms with Crippen LogP contribution in [0.4, 0.5) is 18.0 Å². The van der Waals surface area contributed by atoms with E-state index in [4.69, 9.17) is 0 Å². The van der Waals surface area contributed by atoms with E-state index >= 15 is 0 Å². The van der Waals surface area contributed by atoms with Crippen LogP contribution in [0.3, 0.4) is 0 Å². The smallest absolute Gasteiger partial charge is 0.341 e. The van der Waals surface area contributed by atoms with E-state index in [0.717, 1.165) is 18.9 Å². The number of nitrogens with zero attached hydrogens (tertiary/aromatic N) is 3. The molecule has 2 heterocycles. The van der Waals surface area contributed by atoms with Gasteiger partial charge in [-0.05, 0) is 43.7 Å². The predicted molar refractivity (Wildman–Crippen MR) is 134 cm³/mol. The van der Waals surface area contributed by atoms with Crippen molar-refractivity contribution < 1.29 is 27.6 Å². The van der Waals surface area contributed by atoms with E-state index in [-0.39, 0.29) is 36.1 Å². The predicted octanol–water partition coefficient (Wildman–Crippen LogP) is 4.95. The molecule has 204 valence electrons. The summed E-state index contributed by atoms with van der Waals surface area (Å²) in [4.78, 5) is 45.3. The minimum absolute atomic E-state index is 0.00463. The Morgan fingerprint density at radius 2 is 1.73 bits per heavy atom. The Labute approximate surface area is 216 Å². The minimum Gasteiger partial charge on any atom is -0.341 e. The quantitative estimate of drug-likeness (QED) is 0.473. The first-order valence-corrected chi connectivity index (χ1v) is 13.0. The zero-order valence-electron chi connectivity index (χ0n) is 22.2. The molecule has 3 rings (SSSR count). The van der Waals surface area contributed by atoms with Crippen molar-refractivity contribution in [2.45, 2.75) is 72.1 Å². The Kier molecular flexibility index (Phi) is 8.92. The number of carbonyl (C=O) groups is 3. The van der Waals surface area contributed by atoms with Gasteiger partial charge in [-0.1, -0.05) is 45.9 Å². The van der Waals surface area contributed by atoms with Gasteiger partial charge in [0, 0.05) is 19.6 Å². The number of nitrogens with one attached hydrogen (secondary N) is 1. The van der Waals surface area contributed by atoms with E-state index in [9.17, 15) is 27.6 Å². The van der Waals surface area contributed by atoms with Crippen LogP contribution in [0.25, 0.3) is 0 Å². The Morgan fingerprint density at radius 3 is 2.27 bits per heavy atom. The molecule has 2 atom stereocenters. The van der Waals surface area contributed by atoms with Crippen LogP contribution in [-0.2, 0) is 15.8 Å². The fourth-order valence-electron chi connectivity index (χ4n) is 5.23. The maximum atomic E-state index is 14.0. The summed E-state index contributed by atoms with van der Waals surface area (Å²) in [5, 5.41) is 2.63. The van der Waals surface area contributed by atoms with Gasteiger partial charge in [0.15, 0.2) is 0 Å². The number of urea groups is 1. The molecule has 0 bridgehead atoms. The van der Waals surface area contributed by atoms with E-state index in [1.807, 2.05) is 27.7 Å². The number of benzene rings is 1. The van der Waals surface area contributed by atoms with Crippen molar-refractivity contribution in [3.63, 3.8) is 0 Å². The second kappa shape index (κ2) is 11.6. The van der Waals surface area contributed by atoms with Crippen LogP contribution < -0.4 is 5.32 Å². The van der Waals surface area contributed by atoms with Gasteiger partial charge in [-0.3, -0.25) is 14.5 Å². The third-order valence-corrected chi connectivity index (χ3v) is 6.80. The summed E-state index contributed by atoms with van der Waals surface area (Å²) in [5.41, 5.74) is -0.642. The highest BCUT2D eigenvalue weighted by atomic mass is 19.4. The minimum atomic E-state index is -4.66. The van der Waals surface area contributed by atoms with Gasteiger partial charge < -0.3 is 15.1 Å². The molecule has 2 aliphatic rings. The molecule has 0 unspecified atom stereocenters. The topological polar surface area (TPSA) is 73.0 Å². The summed E-state index contributed by atoms with van der Waals surface area (Å²) in [7, 11) is 0. The van der Waals surface area contributed by atoms with E-state index in [1.165, 1.54) is 28.0 Å². The zero-order chi connectivity index (χ0) is 27.5. The van der Waals surface area contributed by atoms with Crippen molar-refractivity contribution in [3.05, 3.63) is 46.7 Å². The summed E-state index contributed by atoms with van der Waals surface area (Å²) >= 11 is 0. The molecule has 0 radical (unpaired) electrons. The average Bonchev–Trinajstić information content (AvgIpc) is 3.17. The molecule has 0 spiro atoms. The first-order valence-electron chi connectivity index (χ1n) is 13.0. The maximum Gasteiger partial charge on any atom is 0.416 e. The van der Waals surface area contributed by atoms with Gasteiger partial charge in [0.2, 0.25) is 5.91 Å². The fraction of sp³-hybridized carbons (Fsp3) is 0.593. The summed E-state index contributed by atoms with van der Waals surface area (Å²) < 4.78 is 41.7. The third-order valence-electron chi connectivity index (χ3n) is 6.80. The summed E-state index contributed by atoms with van der Waals surface area (Å²) in [6, 6.07) is 2.37. The molecule has 0 aromatic heterocycles. The van der Waals surface area contributed by atoms with Crippen LogP contribution in [0.5, 0.6) is 0 Å². The molecule has 1 aromatic rings. The zero-order valence-corrected chi connectivity index (χ0v) is 22.2. The van der Waals surface area contributed by atoms with Gasteiger partial charge in [0.05, 0.1) is 29.4 Å². The standard InChI is InChI=1S/C27H37F3N4O3/c1-6-13-32(14-7-2)24(35)20(15-17(4)5)34-16-21-22(25(34)36)23(31-26(37)33(21)8-3)18-11-9-10-12-19(18)27(28,29)30/h9-12,17,20,23H,6-8,13-16H2,1-5H3,(H,31,37)/t20-,23+/m0/s1. The maximum absolute atomic E-state index is 14.0. The molecule has 37 heavy (non-hydrogen) atoms. The Morgan fingerprint density at radius 1 is 1.11 bits per heavy atom. The van der Waals surface area contributed by atoms with Crippen molar-refractivity contribution >= 4 is 17.8 Å². The average molecular weight is 523 g/mol. The molecule has 0 saturated heterocycles. The van der Waals surface area contributed by atoms with Crippen LogP contribution in [0.1, 0.15) is 71.0 Å². The second-order valence-corrected chi connectivity index (χ2v) is 9.98. The first-order chi connectivity index (χ1) is 17.5. The molecule has 1 aromatic carbocycles. The van der Waals surface area contributed by atoms with Crippen LogP contribution in [0.2, 0.25) is 0 Å². The lowest BCUT2D eigenvalue weighted by Crippen LogP contribution is -2.51. The molecule has 0 aliphatic carbocycles. The highest BCUT2D eigenvalue weighted by Gasteiger charge is 2.49. The van der Waals surface area contributed by atoms with Gasteiger partial charge in [0.1, 0.15) is 6.04 Å². The lowest BCUT2D eigenvalue weighted by atomic mass is 9.91. The number of carbonyl (C=O) groups excluding carboxylic acids is 3. The number of amides is 4. The van der Waals surface area contributed by atoms with Crippen molar-refractivity contribution in [1.29, 1.82) is 0 Å². The number of alkyl halides is 3. The largest absolute Gasteiger partial charge is 0.416 e. The lowest BCUT2D eigenvalue weighted by molar-refractivity contribution is -0.143. The number of halogens is 3. The van der Waals surface area contributed by atoms with Crippen molar-refractivity contribution in [1.82, 2.24) is 20.0 Å². The van der Waals surface area contributed by atoms with Crippen LogP contribution >= 0.6 is 0 Å². The Balaban J connectivity index is 2.09. The third kappa shape index (κ3) is 5.78. The van der Waals surface area contributed by atoms with Gasteiger partial charge >= 0.3 is 12.2 Å². The number of likely N-dealkylation sites (N-methyl/N-ethyl adjacent to an activating group) is 1. The molecular weight excluding hydrogens is 485 g/mol. The van der Waals surface area contributed by atoms with Crippen molar-refractivity contribution in [2.24, 2.45) is 5.92 Å². The summed E-state index contributed by atoms with van der Waals surface area (Å²) in [5.74, 6) is -0.587. The van der Waals surface area contributed by atoms with Gasteiger partial charge in [-0.25, -0.2) is 4.79 Å². The SMILES string of the molecule is CCCN(CCC)C(=O)[C@H](CC(C)C)N1CC2=C(C1=O)[C@@H](c1ccccc1C(F)(F)F)NC(=O)N2CC. The van der Waals surface area contributed by atoms with E-state index < -0.39 is 35.8 Å². The molecular formula is C27H37F3N4O3. The summed E-state index contributed by atoms with van der Waals surface area (Å²) in [6.07, 6.45) is -2.73. The number of hydrogen-bond donors (Lipinski definition) is 1. The van der Waals surface area contributed by atoms with Gasteiger partial charge in [-0.2, -0.15) is 13.2 Å². The number of rotatable bonds is 10. The Hall–Kier alpha value is -3.04. The summed E-state index contributed by atoms with van der Waals surface area (Å²) in [6.45, 7) is 11.0. The molecule has 10 heteroatoms. The Bertz CT molecular complexity index is 1050. The molecule has 2 aliphatic heterocycles. The monoisotopic (exact) mass is 522 g/mol. The van der Waals surface area contributed by atoms with E-state index in [0.29, 0.717) is 25.2 Å². The molecule has 0 saturated carbocycles. The van der Waals surface area contributed by atoms with Crippen LogP contribution in [0.15, 0.2) is 35.5 Å². The lowest BCUT2D eigenvalue weighted by Gasteiger charge is -2.34. The highest BCUT2D eigenvalue weighted by Crippen LogP contribution is 2.42. The van der Waals surface area contributed by atoms with Crippen molar-refractivity contribution in [2.75, 3.05) is 26.2 Å². The van der Waals surface area contributed by atoms with Crippen molar-refractivity contribution in [3.8, 4) is 0 Å². The van der Waals surface area contributed by atoms with Crippen LogP contribution in [0, 0.1) is 5.92 Å².